The van der Waals surface area contributed by atoms with Crippen molar-refractivity contribution in [1.82, 2.24) is 5.32 Å². The van der Waals surface area contributed by atoms with Crippen molar-refractivity contribution >= 4 is 17.5 Å². The summed E-state index contributed by atoms with van der Waals surface area (Å²) >= 11 is 0. The second-order valence-corrected chi connectivity index (χ2v) is 5.29. The summed E-state index contributed by atoms with van der Waals surface area (Å²) in [6, 6.07) is 8.11. The molecule has 0 radical (unpaired) electrons. The highest BCUT2D eigenvalue weighted by molar-refractivity contribution is 6.00. The van der Waals surface area contributed by atoms with E-state index in [1.54, 1.807) is 11.9 Å². The summed E-state index contributed by atoms with van der Waals surface area (Å²) in [5, 5.41) is 2.61. The lowest BCUT2D eigenvalue weighted by molar-refractivity contribution is -0.125. The number of hydrogen-bond acceptors (Lipinski definition) is 2. The maximum absolute atomic E-state index is 12.0. The molecule has 1 saturated heterocycles. The molecule has 4 nitrogen and oxygen atoms in total. The van der Waals surface area contributed by atoms with Crippen LogP contribution in [0.4, 0.5) is 5.69 Å². The van der Waals surface area contributed by atoms with Gasteiger partial charge in [0.05, 0.1) is 5.92 Å². The van der Waals surface area contributed by atoms with Crippen LogP contribution < -0.4 is 10.2 Å². The van der Waals surface area contributed by atoms with E-state index >= 15 is 0 Å². The molecule has 1 aliphatic heterocycles. The number of unbranched alkanes of at least 4 members (excludes halogenated alkanes) is 1. The molecule has 2 amide bonds. The van der Waals surface area contributed by atoms with Gasteiger partial charge in [0, 0.05) is 25.7 Å². The molecule has 1 unspecified atom stereocenters. The van der Waals surface area contributed by atoms with Gasteiger partial charge in [-0.3, -0.25) is 9.59 Å². The fourth-order valence-corrected chi connectivity index (χ4v) is 2.56. The first-order valence-corrected chi connectivity index (χ1v) is 7.26. The van der Waals surface area contributed by atoms with E-state index in [9.17, 15) is 9.59 Å². The largest absolute Gasteiger partial charge is 0.359 e. The van der Waals surface area contributed by atoms with Crippen molar-refractivity contribution in [2.45, 2.75) is 32.6 Å². The number of amides is 2. The van der Waals surface area contributed by atoms with Crippen LogP contribution in [0.25, 0.3) is 0 Å². The molecule has 108 valence electrons. The minimum absolute atomic E-state index is 0.0277. The quantitative estimate of drug-likeness (QED) is 0.894. The SMILES string of the molecule is CCCCc1ccc(N2CC(C(=O)NC)CC2=O)cc1. The Kier molecular flexibility index (Phi) is 4.77. The molecule has 1 heterocycles. The molecule has 1 aromatic rings. The molecule has 1 N–H and O–H groups in total. The number of anilines is 1. The van der Waals surface area contributed by atoms with E-state index in [0.29, 0.717) is 13.0 Å². The first-order chi connectivity index (χ1) is 9.65. The smallest absolute Gasteiger partial charge is 0.227 e. The van der Waals surface area contributed by atoms with E-state index in [-0.39, 0.29) is 17.7 Å². The summed E-state index contributed by atoms with van der Waals surface area (Å²) in [5.41, 5.74) is 2.19. The Morgan fingerprint density at radius 2 is 2.05 bits per heavy atom. The Morgan fingerprint density at radius 3 is 2.65 bits per heavy atom. The van der Waals surface area contributed by atoms with E-state index in [0.717, 1.165) is 12.1 Å². The van der Waals surface area contributed by atoms with Crippen molar-refractivity contribution < 1.29 is 9.59 Å². The van der Waals surface area contributed by atoms with Crippen molar-refractivity contribution in [3.05, 3.63) is 29.8 Å². The van der Waals surface area contributed by atoms with Gasteiger partial charge in [-0.05, 0) is 30.5 Å². The van der Waals surface area contributed by atoms with Crippen LogP contribution in [0.3, 0.4) is 0 Å². The zero-order valence-electron chi connectivity index (χ0n) is 12.2. The van der Waals surface area contributed by atoms with E-state index in [4.69, 9.17) is 0 Å². The molecule has 20 heavy (non-hydrogen) atoms. The van der Waals surface area contributed by atoms with E-state index in [1.807, 2.05) is 12.1 Å². The van der Waals surface area contributed by atoms with Gasteiger partial charge in [0.25, 0.3) is 0 Å². The van der Waals surface area contributed by atoms with Crippen LogP contribution >= 0.6 is 0 Å². The van der Waals surface area contributed by atoms with Crippen molar-refractivity contribution in [1.29, 1.82) is 0 Å². The van der Waals surface area contributed by atoms with Crippen LogP contribution in [0.15, 0.2) is 24.3 Å². The Balaban J connectivity index is 2.04. The fourth-order valence-electron chi connectivity index (χ4n) is 2.56. The second-order valence-electron chi connectivity index (χ2n) is 5.29. The number of carbonyl (C=O) groups is 2. The summed E-state index contributed by atoms with van der Waals surface area (Å²) in [5.74, 6) is -0.257. The highest BCUT2D eigenvalue weighted by atomic mass is 16.2. The Morgan fingerprint density at radius 1 is 1.35 bits per heavy atom. The number of carbonyl (C=O) groups excluding carboxylic acids is 2. The highest BCUT2D eigenvalue weighted by Crippen LogP contribution is 2.25. The molecule has 0 aromatic heterocycles. The van der Waals surface area contributed by atoms with Gasteiger partial charge >= 0.3 is 0 Å². The van der Waals surface area contributed by atoms with Gasteiger partial charge in [-0.25, -0.2) is 0 Å². The van der Waals surface area contributed by atoms with E-state index in [2.05, 4.69) is 24.4 Å². The van der Waals surface area contributed by atoms with E-state index in [1.165, 1.54) is 18.4 Å². The number of nitrogens with one attached hydrogen (secondary N) is 1. The van der Waals surface area contributed by atoms with Crippen molar-refractivity contribution in [3.8, 4) is 0 Å². The molecule has 2 rings (SSSR count). The number of aryl methyl sites for hydroxylation is 1. The first kappa shape index (κ1) is 14.6. The molecule has 1 aromatic carbocycles. The molecule has 0 saturated carbocycles. The number of hydrogen-bond donors (Lipinski definition) is 1. The van der Waals surface area contributed by atoms with Crippen LogP contribution in [0, 0.1) is 5.92 Å². The normalized spacial score (nSPS) is 18.4. The molecule has 1 aliphatic rings. The summed E-state index contributed by atoms with van der Waals surface area (Å²) < 4.78 is 0. The molecular weight excluding hydrogens is 252 g/mol. The fraction of sp³-hybridized carbons (Fsp3) is 0.500. The predicted molar refractivity (Wildman–Crippen MR) is 79.6 cm³/mol. The average Bonchev–Trinajstić information content (AvgIpc) is 2.87. The zero-order valence-corrected chi connectivity index (χ0v) is 12.2. The lowest BCUT2D eigenvalue weighted by Crippen LogP contribution is -2.30. The molecule has 0 aliphatic carbocycles. The van der Waals surface area contributed by atoms with Crippen LogP contribution in [0.1, 0.15) is 31.7 Å². The summed E-state index contributed by atoms with van der Waals surface area (Å²) in [7, 11) is 1.61. The third kappa shape index (κ3) is 3.18. The molecule has 4 heteroatoms. The maximum atomic E-state index is 12.0. The predicted octanol–water partition coefficient (Wildman–Crippen LogP) is 2.13. The van der Waals surface area contributed by atoms with Gasteiger partial charge in [0.15, 0.2) is 0 Å². The highest BCUT2D eigenvalue weighted by Gasteiger charge is 2.34. The number of benzene rings is 1. The molecule has 1 atom stereocenters. The lowest BCUT2D eigenvalue weighted by atomic mass is 10.1. The van der Waals surface area contributed by atoms with E-state index < -0.39 is 0 Å². The lowest BCUT2D eigenvalue weighted by Gasteiger charge is -2.17. The standard InChI is InChI=1S/C16H22N2O2/c1-3-4-5-12-6-8-14(9-7-12)18-11-13(10-15(18)19)16(20)17-2/h6-9,13H,3-5,10-11H2,1-2H3,(H,17,20). The van der Waals surface area contributed by atoms with Gasteiger partial charge < -0.3 is 10.2 Å². The zero-order chi connectivity index (χ0) is 14.5. The maximum Gasteiger partial charge on any atom is 0.227 e. The Hall–Kier alpha value is -1.84. The topological polar surface area (TPSA) is 49.4 Å². The van der Waals surface area contributed by atoms with Crippen molar-refractivity contribution in [3.63, 3.8) is 0 Å². The summed E-state index contributed by atoms with van der Waals surface area (Å²) in [4.78, 5) is 25.3. The molecule has 0 bridgehead atoms. The summed E-state index contributed by atoms with van der Waals surface area (Å²) in [6.45, 7) is 2.66. The monoisotopic (exact) mass is 274 g/mol. The van der Waals surface area contributed by atoms with Gasteiger partial charge in [0.1, 0.15) is 0 Å². The van der Waals surface area contributed by atoms with Gasteiger partial charge in [-0.1, -0.05) is 25.5 Å². The third-order valence-electron chi connectivity index (χ3n) is 3.81. The van der Waals surface area contributed by atoms with Gasteiger partial charge in [-0.2, -0.15) is 0 Å². The van der Waals surface area contributed by atoms with Gasteiger partial charge in [0.2, 0.25) is 11.8 Å². The molecular formula is C16H22N2O2. The second kappa shape index (κ2) is 6.55. The third-order valence-corrected chi connectivity index (χ3v) is 3.81. The van der Waals surface area contributed by atoms with Crippen molar-refractivity contribution in [2.75, 3.05) is 18.5 Å². The first-order valence-electron chi connectivity index (χ1n) is 7.26. The Bertz CT molecular complexity index is 482. The van der Waals surface area contributed by atoms with Crippen LogP contribution in [0.5, 0.6) is 0 Å². The summed E-state index contributed by atoms with van der Waals surface area (Å²) in [6.07, 6.45) is 3.74. The average molecular weight is 274 g/mol. The minimum Gasteiger partial charge on any atom is -0.359 e. The van der Waals surface area contributed by atoms with Crippen LogP contribution in [0.2, 0.25) is 0 Å². The minimum atomic E-state index is -0.229. The molecule has 0 spiro atoms. The van der Waals surface area contributed by atoms with Crippen molar-refractivity contribution in [2.24, 2.45) is 5.92 Å². The molecule has 1 fully saturated rings. The number of rotatable bonds is 5. The van der Waals surface area contributed by atoms with Crippen LogP contribution in [-0.4, -0.2) is 25.4 Å². The van der Waals surface area contributed by atoms with Crippen LogP contribution in [-0.2, 0) is 16.0 Å². The van der Waals surface area contributed by atoms with Gasteiger partial charge in [-0.15, -0.1) is 0 Å². The number of nitrogens with zero attached hydrogens (tertiary/aromatic N) is 1. The Labute approximate surface area is 120 Å².